The lowest BCUT2D eigenvalue weighted by Gasteiger charge is -2.14. The second-order valence-electron chi connectivity index (χ2n) is 8.28. The third kappa shape index (κ3) is 5.48. The summed E-state index contributed by atoms with van der Waals surface area (Å²) in [5.74, 6) is -6.26. The molecule has 0 saturated heterocycles. The monoisotopic (exact) mass is 567 g/mol. The molecule has 212 valence electrons. The molecule has 0 bridgehead atoms. The van der Waals surface area contributed by atoms with Crippen molar-refractivity contribution in [1.82, 2.24) is 15.3 Å². The van der Waals surface area contributed by atoms with Crippen LogP contribution in [0.2, 0.25) is 0 Å². The average Bonchev–Trinajstić information content (AvgIpc) is 3.32. The summed E-state index contributed by atoms with van der Waals surface area (Å²) in [7, 11) is 3.53. The lowest BCUT2D eigenvalue weighted by molar-refractivity contribution is -0.111. The number of ether oxygens (including phenoxy) is 3. The van der Waals surface area contributed by atoms with Crippen LogP contribution in [0.4, 0.5) is 30.8 Å². The first kappa shape index (κ1) is 28.5. The number of methoxy groups -OCH3 is 2. The van der Waals surface area contributed by atoms with Crippen LogP contribution >= 0.6 is 0 Å². The third-order valence-electron chi connectivity index (χ3n) is 5.77. The van der Waals surface area contributed by atoms with E-state index in [2.05, 4.69) is 32.5 Å². The maximum atomic E-state index is 15.1. The van der Waals surface area contributed by atoms with Crippen molar-refractivity contribution in [3.05, 3.63) is 71.9 Å². The summed E-state index contributed by atoms with van der Waals surface area (Å²) in [6.07, 6.45) is 4.27. The zero-order chi connectivity index (χ0) is 29.8. The van der Waals surface area contributed by atoms with Crippen molar-refractivity contribution < 1.29 is 41.8 Å². The summed E-state index contributed by atoms with van der Waals surface area (Å²) in [6, 6.07) is 2.32. The molecule has 0 aliphatic heterocycles. The van der Waals surface area contributed by atoms with Crippen LogP contribution in [0, 0.1) is 18.6 Å². The standard InChI is InChI=1S/C27H23F2N5O7/c1-6-19(35)33-14-10-31-9-12(2)23(14)34-18-7-13-17(11-32-18)40-26(25(13)41-27(37)30-3)24(36)20-21(28)15(38-4)8-16(39-5)22(20)29/h6-11H,1H2,2-5H3,(H,30,37)(H,33,35)(H,31,32,34). The predicted octanol–water partition coefficient (Wildman–Crippen LogP) is 4.64. The maximum absolute atomic E-state index is 15.1. The highest BCUT2D eigenvalue weighted by Gasteiger charge is 2.33. The van der Waals surface area contributed by atoms with Crippen molar-refractivity contribution in [3.63, 3.8) is 0 Å². The number of ketones is 1. The largest absolute Gasteiger partial charge is 0.494 e. The number of amides is 2. The van der Waals surface area contributed by atoms with Gasteiger partial charge in [0.05, 0.1) is 43.4 Å². The Labute approximate surface area is 231 Å². The van der Waals surface area contributed by atoms with E-state index in [1.54, 1.807) is 13.1 Å². The van der Waals surface area contributed by atoms with Gasteiger partial charge in [-0.1, -0.05) is 6.58 Å². The van der Waals surface area contributed by atoms with Gasteiger partial charge < -0.3 is 34.6 Å². The first-order chi connectivity index (χ1) is 19.6. The SMILES string of the molecule is C=CC(=O)Nc1cncc(C)c1Nc1cc2c(OC(=O)NC)c(C(=O)c3c(F)c(OC)cc(OC)c3F)oc2cn1. The van der Waals surface area contributed by atoms with Gasteiger partial charge in [-0.2, -0.15) is 0 Å². The van der Waals surface area contributed by atoms with Gasteiger partial charge in [-0.05, 0) is 24.6 Å². The number of rotatable bonds is 9. The maximum Gasteiger partial charge on any atom is 0.412 e. The summed E-state index contributed by atoms with van der Waals surface area (Å²) in [5, 5.41) is 7.97. The van der Waals surface area contributed by atoms with Gasteiger partial charge in [0.15, 0.2) is 34.5 Å². The van der Waals surface area contributed by atoms with Crippen molar-refractivity contribution in [2.75, 3.05) is 31.9 Å². The van der Waals surface area contributed by atoms with Crippen molar-refractivity contribution in [2.24, 2.45) is 0 Å². The molecule has 3 aromatic heterocycles. The fraction of sp³-hybridized carbons (Fsp3) is 0.148. The van der Waals surface area contributed by atoms with Crippen molar-refractivity contribution in [2.45, 2.75) is 6.92 Å². The highest BCUT2D eigenvalue weighted by atomic mass is 19.1. The molecule has 0 spiro atoms. The number of halogens is 2. The Morgan fingerprint density at radius 2 is 1.73 bits per heavy atom. The molecule has 0 fully saturated rings. The molecule has 41 heavy (non-hydrogen) atoms. The lowest BCUT2D eigenvalue weighted by atomic mass is 10.0. The van der Waals surface area contributed by atoms with Crippen LogP contribution < -0.4 is 30.2 Å². The van der Waals surface area contributed by atoms with Crippen LogP contribution in [0.25, 0.3) is 11.0 Å². The fourth-order valence-corrected chi connectivity index (χ4v) is 3.78. The minimum absolute atomic E-state index is 0.0416. The molecule has 0 unspecified atom stereocenters. The van der Waals surface area contributed by atoms with E-state index in [0.29, 0.717) is 16.9 Å². The van der Waals surface area contributed by atoms with Crippen LogP contribution in [0.3, 0.4) is 0 Å². The summed E-state index contributed by atoms with van der Waals surface area (Å²) in [5.41, 5.74) is 0.294. The molecule has 0 saturated carbocycles. The van der Waals surface area contributed by atoms with E-state index in [0.717, 1.165) is 26.4 Å². The number of carbonyl (C=O) groups is 3. The number of aryl methyl sites for hydroxylation is 1. The zero-order valence-corrected chi connectivity index (χ0v) is 22.2. The first-order valence-corrected chi connectivity index (χ1v) is 11.7. The molecule has 4 aromatic rings. The van der Waals surface area contributed by atoms with Crippen molar-refractivity contribution in [1.29, 1.82) is 0 Å². The minimum Gasteiger partial charge on any atom is -0.494 e. The van der Waals surface area contributed by atoms with Crippen LogP contribution in [0.5, 0.6) is 17.2 Å². The summed E-state index contributed by atoms with van der Waals surface area (Å²) >= 11 is 0. The van der Waals surface area contributed by atoms with E-state index in [-0.39, 0.29) is 16.8 Å². The normalized spacial score (nSPS) is 10.6. The molecule has 0 atom stereocenters. The van der Waals surface area contributed by atoms with Gasteiger partial charge in [0.1, 0.15) is 11.4 Å². The second kappa shape index (κ2) is 11.7. The van der Waals surface area contributed by atoms with E-state index in [1.807, 2.05) is 0 Å². The number of fused-ring (bicyclic) bond motifs is 1. The Hall–Kier alpha value is -5.53. The van der Waals surface area contributed by atoms with E-state index in [4.69, 9.17) is 18.6 Å². The third-order valence-corrected chi connectivity index (χ3v) is 5.77. The molecule has 2 amide bonds. The number of nitrogens with one attached hydrogen (secondary N) is 3. The van der Waals surface area contributed by atoms with Gasteiger partial charge in [-0.15, -0.1) is 0 Å². The van der Waals surface area contributed by atoms with Gasteiger partial charge in [0, 0.05) is 19.3 Å². The number of carbonyl (C=O) groups excluding carboxylic acids is 3. The van der Waals surface area contributed by atoms with Crippen LogP contribution in [-0.2, 0) is 4.79 Å². The highest BCUT2D eigenvalue weighted by Crippen LogP contribution is 2.39. The molecule has 12 nitrogen and oxygen atoms in total. The number of hydrogen-bond donors (Lipinski definition) is 3. The van der Waals surface area contributed by atoms with Gasteiger partial charge in [0.2, 0.25) is 17.5 Å². The van der Waals surface area contributed by atoms with E-state index < -0.39 is 58.0 Å². The Kier molecular flexibility index (Phi) is 8.12. The molecule has 0 radical (unpaired) electrons. The van der Waals surface area contributed by atoms with Crippen LogP contribution in [0.1, 0.15) is 21.7 Å². The van der Waals surface area contributed by atoms with E-state index in [1.165, 1.54) is 25.5 Å². The smallest absolute Gasteiger partial charge is 0.412 e. The zero-order valence-electron chi connectivity index (χ0n) is 22.2. The summed E-state index contributed by atoms with van der Waals surface area (Å²) < 4.78 is 51.0. The fourth-order valence-electron chi connectivity index (χ4n) is 3.78. The molecular weight excluding hydrogens is 544 g/mol. The second-order valence-corrected chi connectivity index (χ2v) is 8.28. The molecule has 4 rings (SSSR count). The molecule has 1 aromatic carbocycles. The van der Waals surface area contributed by atoms with Crippen molar-refractivity contribution in [3.8, 4) is 17.2 Å². The average molecular weight is 568 g/mol. The summed E-state index contributed by atoms with van der Waals surface area (Å²) in [4.78, 5) is 45.9. The molecule has 3 N–H and O–H groups in total. The predicted molar refractivity (Wildman–Crippen MR) is 143 cm³/mol. The van der Waals surface area contributed by atoms with Crippen LogP contribution in [0.15, 0.2) is 47.8 Å². The summed E-state index contributed by atoms with van der Waals surface area (Å²) in [6.45, 7) is 5.16. The number of pyridine rings is 2. The Morgan fingerprint density at radius 3 is 2.34 bits per heavy atom. The molecular formula is C27H23F2N5O7. The number of benzene rings is 1. The quantitative estimate of drug-likeness (QED) is 0.192. The Bertz CT molecular complexity index is 1680. The van der Waals surface area contributed by atoms with Gasteiger partial charge in [0.25, 0.3) is 0 Å². The number of nitrogens with zero attached hydrogens (tertiary/aromatic N) is 2. The molecule has 0 aliphatic rings. The van der Waals surface area contributed by atoms with Gasteiger partial charge in [-0.3, -0.25) is 14.6 Å². The Balaban J connectivity index is 1.86. The molecule has 3 heterocycles. The van der Waals surface area contributed by atoms with Gasteiger partial charge in [-0.25, -0.2) is 18.6 Å². The number of hydrogen-bond acceptors (Lipinski definition) is 10. The Morgan fingerprint density at radius 1 is 1.05 bits per heavy atom. The number of aromatic nitrogens is 2. The lowest BCUT2D eigenvalue weighted by Crippen LogP contribution is -2.23. The van der Waals surface area contributed by atoms with Crippen LogP contribution in [-0.4, -0.2) is 49.0 Å². The highest BCUT2D eigenvalue weighted by molar-refractivity contribution is 6.13. The van der Waals surface area contributed by atoms with E-state index in [9.17, 15) is 14.4 Å². The van der Waals surface area contributed by atoms with Gasteiger partial charge >= 0.3 is 6.09 Å². The minimum atomic E-state index is -1.31. The molecule has 14 heteroatoms. The van der Waals surface area contributed by atoms with Crippen molar-refractivity contribution >= 4 is 45.9 Å². The first-order valence-electron chi connectivity index (χ1n) is 11.7. The van der Waals surface area contributed by atoms with E-state index >= 15 is 8.78 Å². The topological polar surface area (TPSA) is 154 Å². The number of anilines is 3. The molecule has 0 aliphatic carbocycles. The number of furan rings is 1.